The number of pyridine rings is 1. The maximum Gasteiger partial charge on any atom is 0.345 e. The number of hydrogen-bond donors (Lipinski definition) is 4. The normalized spacial score (nSPS) is 12.7. The van der Waals surface area contributed by atoms with Gasteiger partial charge in [0.05, 0.1) is 5.69 Å². The third-order valence-corrected chi connectivity index (χ3v) is 4.88. The second-order valence-electron chi connectivity index (χ2n) is 5.18. The summed E-state index contributed by atoms with van der Waals surface area (Å²) in [7, 11) is 0. The number of aromatic nitrogens is 1. The number of H-pyrrole nitrogens is 1. The Hall–Kier alpha value is -2.12. The van der Waals surface area contributed by atoms with Crippen LogP contribution in [0.5, 0.6) is 5.75 Å². The topological polar surface area (TPSA) is 102 Å². The second kappa shape index (κ2) is 7.19. The van der Waals surface area contributed by atoms with Crippen molar-refractivity contribution in [2.75, 3.05) is 17.6 Å². The molecule has 0 aliphatic carbocycles. The van der Waals surface area contributed by atoms with Crippen molar-refractivity contribution in [1.82, 2.24) is 4.98 Å². The number of fused-ring (bicyclic) bond motifs is 1. The molecule has 0 unspecified atom stereocenters. The van der Waals surface area contributed by atoms with E-state index < -0.39 is 22.8 Å². The number of rotatable bonds is 3. The van der Waals surface area contributed by atoms with E-state index in [-0.39, 0.29) is 12.4 Å². The number of carbonyl (C=O) groups is 1. The van der Waals surface area contributed by atoms with Crippen LogP contribution in [0.15, 0.2) is 27.9 Å². The minimum Gasteiger partial charge on any atom is -0.506 e. The number of aromatic carboxylic acids is 1. The second-order valence-corrected chi connectivity index (χ2v) is 6.31. The highest BCUT2D eigenvalue weighted by Gasteiger charge is 2.22. The maximum absolute atomic E-state index is 12.0. The Labute approximate surface area is 148 Å². The van der Waals surface area contributed by atoms with Gasteiger partial charge in [-0.1, -0.05) is 13.0 Å². The lowest BCUT2D eigenvalue weighted by atomic mass is 10.00. The summed E-state index contributed by atoms with van der Waals surface area (Å²) in [5.41, 5.74) is 1.17. The molecule has 0 amide bonds. The summed E-state index contributed by atoms with van der Waals surface area (Å²) in [6.45, 7) is 2.66. The van der Waals surface area contributed by atoms with Gasteiger partial charge >= 0.3 is 5.97 Å². The average molecular weight is 369 g/mol. The summed E-state index contributed by atoms with van der Waals surface area (Å²) in [5, 5.41) is 22.6. The van der Waals surface area contributed by atoms with Crippen LogP contribution in [0.4, 0.5) is 5.69 Å². The molecule has 1 aromatic carbocycles. The van der Waals surface area contributed by atoms with E-state index in [1.54, 1.807) is 18.7 Å². The van der Waals surface area contributed by atoms with Crippen molar-refractivity contribution in [3.63, 3.8) is 0 Å². The van der Waals surface area contributed by atoms with Gasteiger partial charge in [-0.2, -0.15) is 0 Å². The molecule has 0 atom stereocenters. The molecule has 8 heteroatoms. The van der Waals surface area contributed by atoms with Crippen LogP contribution >= 0.6 is 24.2 Å². The fourth-order valence-corrected chi connectivity index (χ4v) is 3.59. The van der Waals surface area contributed by atoms with Gasteiger partial charge in [0.2, 0.25) is 0 Å². The molecule has 0 bridgehead atoms. The zero-order chi connectivity index (χ0) is 16.6. The molecule has 0 fully saturated rings. The third kappa shape index (κ3) is 3.09. The van der Waals surface area contributed by atoms with Gasteiger partial charge in [-0.15, -0.1) is 24.2 Å². The van der Waals surface area contributed by atoms with E-state index in [9.17, 15) is 14.7 Å². The van der Waals surface area contributed by atoms with E-state index in [2.05, 4.69) is 10.3 Å². The standard InChI is InChI=1S/C16H16N2O4S.ClH/c1-2-9-13(18-15(20)12(14(9)19)16(21)22)8-3-4-11-10(7-8)17-5-6-23-11;/h3-4,7,17H,2,5-6H2,1H3,(H,21,22)(H2,18,19,20);1H. The minimum atomic E-state index is -1.44. The van der Waals surface area contributed by atoms with Crippen LogP contribution < -0.4 is 10.9 Å². The first-order chi connectivity index (χ1) is 11.0. The third-order valence-electron chi connectivity index (χ3n) is 3.80. The lowest BCUT2D eigenvalue weighted by molar-refractivity contribution is 0.0691. The molecule has 6 nitrogen and oxygen atoms in total. The molecule has 0 radical (unpaired) electrons. The van der Waals surface area contributed by atoms with Gasteiger partial charge in [-0.25, -0.2) is 4.79 Å². The van der Waals surface area contributed by atoms with Crippen LogP contribution in [0.25, 0.3) is 11.3 Å². The van der Waals surface area contributed by atoms with E-state index in [4.69, 9.17) is 5.11 Å². The Morgan fingerprint density at radius 2 is 2.12 bits per heavy atom. The highest BCUT2D eigenvalue weighted by Crippen LogP contribution is 2.36. The SMILES string of the molecule is CCc1c(-c2ccc3c(c2)NCCS3)[nH]c(=O)c(C(=O)O)c1O.Cl. The Morgan fingerprint density at radius 3 is 2.79 bits per heavy atom. The first-order valence-electron chi connectivity index (χ1n) is 7.25. The smallest absolute Gasteiger partial charge is 0.345 e. The monoisotopic (exact) mass is 368 g/mol. The summed E-state index contributed by atoms with van der Waals surface area (Å²) in [6.07, 6.45) is 0.400. The molecule has 2 aromatic rings. The quantitative estimate of drug-likeness (QED) is 0.664. The minimum absolute atomic E-state index is 0. The van der Waals surface area contributed by atoms with Crippen LogP contribution in [-0.2, 0) is 6.42 Å². The molecule has 1 aromatic heterocycles. The molecule has 2 heterocycles. The molecule has 128 valence electrons. The number of thioether (sulfide) groups is 1. The lowest BCUT2D eigenvalue weighted by Gasteiger charge is -2.19. The Kier molecular flexibility index (Phi) is 5.46. The zero-order valence-corrected chi connectivity index (χ0v) is 14.5. The van der Waals surface area contributed by atoms with Crippen LogP contribution in [0.3, 0.4) is 0 Å². The number of nitrogens with one attached hydrogen (secondary N) is 2. The van der Waals surface area contributed by atoms with Gasteiger partial charge in [0.1, 0.15) is 5.75 Å². The molecule has 0 spiro atoms. The molecule has 1 aliphatic heterocycles. The van der Waals surface area contributed by atoms with Crippen molar-refractivity contribution < 1.29 is 15.0 Å². The van der Waals surface area contributed by atoms with Crippen LogP contribution in [-0.4, -0.2) is 33.5 Å². The number of carboxylic acid groups (broad SMARTS) is 1. The molecular weight excluding hydrogens is 352 g/mol. The summed E-state index contributed by atoms with van der Waals surface area (Å²) < 4.78 is 0. The molecule has 24 heavy (non-hydrogen) atoms. The van der Waals surface area contributed by atoms with Gasteiger partial charge in [0, 0.05) is 34.0 Å². The molecule has 1 aliphatic rings. The van der Waals surface area contributed by atoms with E-state index in [0.717, 1.165) is 28.4 Å². The van der Waals surface area contributed by atoms with Crippen molar-refractivity contribution in [3.8, 4) is 17.0 Å². The van der Waals surface area contributed by atoms with Gasteiger partial charge < -0.3 is 20.5 Å². The Morgan fingerprint density at radius 1 is 1.38 bits per heavy atom. The number of aromatic hydroxyl groups is 1. The summed E-state index contributed by atoms with van der Waals surface area (Å²) in [6, 6.07) is 5.73. The summed E-state index contributed by atoms with van der Waals surface area (Å²) >= 11 is 1.75. The van der Waals surface area contributed by atoms with E-state index in [0.29, 0.717) is 17.7 Å². The number of carboxylic acids is 1. The van der Waals surface area contributed by atoms with Gasteiger partial charge in [0.15, 0.2) is 5.56 Å². The molecule has 3 rings (SSSR count). The fourth-order valence-electron chi connectivity index (χ4n) is 2.71. The van der Waals surface area contributed by atoms with Crippen LogP contribution in [0.2, 0.25) is 0 Å². The van der Waals surface area contributed by atoms with Crippen molar-refractivity contribution in [1.29, 1.82) is 0 Å². The predicted octanol–water partition coefficient (Wildman–Crippen LogP) is 2.95. The predicted molar refractivity (Wildman–Crippen MR) is 97.0 cm³/mol. The van der Waals surface area contributed by atoms with Crippen molar-refractivity contribution in [2.45, 2.75) is 18.2 Å². The first-order valence-corrected chi connectivity index (χ1v) is 8.24. The van der Waals surface area contributed by atoms with Gasteiger partial charge in [0.25, 0.3) is 5.56 Å². The van der Waals surface area contributed by atoms with Gasteiger partial charge in [-0.05, 0) is 18.6 Å². The Balaban J connectivity index is 0.00000208. The number of anilines is 1. The number of hydrogen-bond acceptors (Lipinski definition) is 5. The molecule has 4 N–H and O–H groups in total. The van der Waals surface area contributed by atoms with E-state index >= 15 is 0 Å². The summed E-state index contributed by atoms with van der Waals surface area (Å²) in [4.78, 5) is 26.9. The summed E-state index contributed by atoms with van der Waals surface area (Å²) in [5.74, 6) is -0.899. The van der Waals surface area contributed by atoms with Crippen LogP contribution in [0, 0.1) is 0 Å². The lowest BCUT2D eigenvalue weighted by Crippen LogP contribution is -2.20. The fraction of sp³-hybridized carbons (Fsp3) is 0.250. The van der Waals surface area contributed by atoms with Crippen molar-refractivity contribution in [3.05, 3.63) is 39.7 Å². The number of halogens is 1. The van der Waals surface area contributed by atoms with E-state index in [1.165, 1.54) is 0 Å². The molecular formula is C16H17ClN2O4S. The Bertz CT molecular complexity index is 851. The van der Waals surface area contributed by atoms with Crippen molar-refractivity contribution >= 4 is 35.8 Å². The van der Waals surface area contributed by atoms with Crippen molar-refractivity contribution in [2.24, 2.45) is 0 Å². The average Bonchev–Trinajstić information content (AvgIpc) is 2.53. The van der Waals surface area contributed by atoms with Gasteiger partial charge in [-0.3, -0.25) is 4.79 Å². The molecule has 0 saturated heterocycles. The highest BCUT2D eigenvalue weighted by atomic mass is 35.5. The maximum atomic E-state index is 12.0. The zero-order valence-electron chi connectivity index (χ0n) is 12.9. The van der Waals surface area contributed by atoms with Crippen LogP contribution in [0.1, 0.15) is 22.8 Å². The highest BCUT2D eigenvalue weighted by molar-refractivity contribution is 7.99. The van der Waals surface area contributed by atoms with E-state index in [1.807, 2.05) is 18.2 Å². The number of benzene rings is 1. The first kappa shape index (κ1) is 18.2. The molecule has 0 saturated carbocycles. The largest absolute Gasteiger partial charge is 0.506 e. The number of aromatic amines is 1.